The number of hydrogen-bond donors (Lipinski definition) is 1. The third-order valence-electron chi connectivity index (χ3n) is 1.67. The van der Waals surface area contributed by atoms with Crippen LogP contribution < -0.4 is 4.90 Å². The van der Waals surface area contributed by atoms with Crippen LogP contribution >= 0.6 is 0 Å². The van der Waals surface area contributed by atoms with Crippen LogP contribution in [0, 0.1) is 5.82 Å². The molecule has 0 spiro atoms. The molecule has 74 valence electrons. The second-order valence-corrected chi connectivity index (χ2v) is 2.74. The van der Waals surface area contributed by atoms with Crippen molar-refractivity contribution in [1.29, 1.82) is 0 Å². The molecule has 4 heteroatoms. The first-order valence-electron chi connectivity index (χ1n) is 3.99. The quantitative estimate of drug-likeness (QED) is 0.748. The monoisotopic (exact) mass is 195 g/mol. The molecule has 0 aromatic heterocycles. The molecule has 0 radical (unpaired) electrons. The molecule has 0 saturated heterocycles. The zero-order valence-electron chi connectivity index (χ0n) is 7.64. The summed E-state index contributed by atoms with van der Waals surface area (Å²) in [6, 6.07) is 5.78. The lowest BCUT2D eigenvalue weighted by molar-refractivity contribution is -0.131. The van der Waals surface area contributed by atoms with E-state index in [1.807, 2.05) is 0 Å². The maximum Gasteiger partial charge on any atom is 0.329 e. The Morgan fingerprint density at radius 1 is 1.43 bits per heavy atom. The van der Waals surface area contributed by atoms with Crippen molar-refractivity contribution in [2.45, 2.75) is 0 Å². The number of carboxylic acids is 1. The van der Waals surface area contributed by atoms with Crippen molar-refractivity contribution in [3.8, 4) is 0 Å². The number of halogens is 1. The Morgan fingerprint density at radius 2 is 2.00 bits per heavy atom. The molecule has 1 N–H and O–H groups in total. The molecule has 1 aromatic carbocycles. The van der Waals surface area contributed by atoms with Crippen LogP contribution in [-0.4, -0.2) is 18.1 Å². The lowest BCUT2D eigenvalue weighted by Gasteiger charge is -2.12. The number of carbonyl (C=O) groups is 1. The van der Waals surface area contributed by atoms with Crippen molar-refractivity contribution in [2.75, 3.05) is 11.9 Å². The average Bonchev–Trinajstić information content (AvgIpc) is 2.15. The maximum atomic E-state index is 12.5. The first kappa shape index (κ1) is 10.2. The van der Waals surface area contributed by atoms with Crippen molar-refractivity contribution >= 4 is 11.7 Å². The highest BCUT2D eigenvalue weighted by atomic mass is 19.1. The SMILES string of the molecule is CN(C=CC(=O)O)c1ccc(F)cc1. The van der Waals surface area contributed by atoms with E-state index in [-0.39, 0.29) is 5.82 Å². The van der Waals surface area contributed by atoms with Crippen LogP contribution in [0.4, 0.5) is 10.1 Å². The lowest BCUT2D eigenvalue weighted by Crippen LogP contribution is -2.08. The zero-order chi connectivity index (χ0) is 10.6. The highest BCUT2D eigenvalue weighted by molar-refractivity contribution is 5.80. The second-order valence-electron chi connectivity index (χ2n) is 2.74. The fourth-order valence-electron chi connectivity index (χ4n) is 0.938. The Bertz CT molecular complexity index is 346. The van der Waals surface area contributed by atoms with Crippen molar-refractivity contribution < 1.29 is 14.3 Å². The second kappa shape index (κ2) is 4.41. The van der Waals surface area contributed by atoms with Crippen LogP contribution in [0.2, 0.25) is 0 Å². The molecule has 1 aromatic rings. The highest BCUT2D eigenvalue weighted by Gasteiger charge is 1.97. The first-order valence-corrected chi connectivity index (χ1v) is 3.99. The molecule has 0 heterocycles. The Kier molecular flexibility index (Phi) is 3.23. The minimum absolute atomic E-state index is 0.315. The summed E-state index contributed by atoms with van der Waals surface area (Å²) in [5.74, 6) is -1.33. The van der Waals surface area contributed by atoms with Crippen molar-refractivity contribution in [3.05, 3.63) is 42.4 Å². The molecular formula is C10H10FNO2. The first-order chi connectivity index (χ1) is 6.59. The zero-order valence-corrected chi connectivity index (χ0v) is 7.64. The summed E-state index contributed by atoms with van der Waals surface area (Å²) in [5.41, 5.74) is 0.726. The van der Waals surface area contributed by atoms with E-state index in [9.17, 15) is 9.18 Å². The largest absolute Gasteiger partial charge is 0.478 e. The van der Waals surface area contributed by atoms with Gasteiger partial charge in [0.15, 0.2) is 0 Å². The predicted octanol–water partition coefficient (Wildman–Crippen LogP) is 1.86. The topological polar surface area (TPSA) is 40.5 Å². The molecule has 0 bridgehead atoms. The number of nitrogens with zero attached hydrogens (tertiary/aromatic N) is 1. The van der Waals surface area contributed by atoms with Gasteiger partial charge in [0.1, 0.15) is 5.82 Å². The van der Waals surface area contributed by atoms with Gasteiger partial charge in [0.2, 0.25) is 0 Å². The Hall–Kier alpha value is -1.84. The summed E-state index contributed by atoms with van der Waals surface area (Å²) < 4.78 is 12.5. The van der Waals surface area contributed by atoms with E-state index in [4.69, 9.17) is 5.11 Å². The summed E-state index contributed by atoms with van der Waals surface area (Å²) in [7, 11) is 1.69. The van der Waals surface area contributed by atoms with E-state index >= 15 is 0 Å². The van der Waals surface area contributed by atoms with Crippen molar-refractivity contribution in [3.63, 3.8) is 0 Å². The number of carboxylic acid groups (broad SMARTS) is 1. The van der Waals surface area contributed by atoms with Crippen LogP contribution in [0.3, 0.4) is 0 Å². The lowest BCUT2D eigenvalue weighted by atomic mass is 10.3. The number of benzene rings is 1. The molecule has 0 aliphatic heterocycles. The molecule has 0 saturated carbocycles. The molecule has 0 unspecified atom stereocenters. The fraction of sp³-hybridized carbons (Fsp3) is 0.100. The van der Waals surface area contributed by atoms with E-state index in [0.29, 0.717) is 0 Å². The molecule has 0 atom stereocenters. The van der Waals surface area contributed by atoms with Gasteiger partial charge in [-0.3, -0.25) is 0 Å². The molecule has 14 heavy (non-hydrogen) atoms. The minimum Gasteiger partial charge on any atom is -0.478 e. The standard InChI is InChI=1S/C10H10FNO2/c1-12(7-6-10(13)14)9-4-2-8(11)3-5-9/h2-7H,1H3,(H,13,14). The summed E-state index contributed by atoms with van der Waals surface area (Å²) in [6.45, 7) is 0. The molecule has 0 aliphatic rings. The number of anilines is 1. The van der Waals surface area contributed by atoms with E-state index in [0.717, 1.165) is 11.8 Å². The normalized spacial score (nSPS) is 10.4. The van der Waals surface area contributed by atoms with Crippen LogP contribution in [0.1, 0.15) is 0 Å². The van der Waals surface area contributed by atoms with Crippen molar-refractivity contribution in [1.82, 2.24) is 0 Å². The van der Waals surface area contributed by atoms with Crippen LogP contribution in [0.15, 0.2) is 36.5 Å². The number of hydrogen-bond acceptors (Lipinski definition) is 2. The highest BCUT2D eigenvalue weighted by Crippen LogP contribution is 2.12. The molecule has 3 nitrogen and oxygen atoms in total. The Morgan fingerprint density at radius 3 is 2.50 bits per heavy atom. The van der Waals surface area contributed by atoms with Gasteiger partial charge in [-0.15, -0.1) is 0 Å². The van der Waals surface area contributed by atoms with E-state index in [2.05, 4.69) is 0 Å². The van der Waals surface area contributed by atoms with Crippen LogP contribution in [0.5, 0.6) is 0 Å². The molecule has 1 rings (SSSR count). The smallest absolute Gasteiger partial charge is 0.329 e. The van der Waals surface area contributed by atoms with Gasteiger partial charge < -0.3 is 10.0 Å². The molecular weight excluding hydrogens is 185 g/mol. The summed E-state index contributed by atoms with van der Waals surface area (Å²) >= 11 is 0. The third kappa shape index (κ3) is 2.90. The minimum atomic E-state index is -1.01. The van der Waals surface area contributed by atoms with Crippen molar-refractivity contribution in [2.24, 2.45) is 0 Å². The fourth-order valence-corrected chi connectivity index (χ4v) is 0.938. The van der Waals surface area contributed by atoms with Crippen LogP contribution in [-0.2, 0) is 4.79 Å². The van der Waals surface area contributed by atoms with Gasteiger partial charge in [0.25, 0.3) is 0 Å². The molecule has 0 fully saturated rings. The van der Waals surface area contributed by atoms with Gasteiger partial charge in [-0.05, 0) is 24.3 Å². The van der Waals surface area contributed by atoms with Gasteiger partial charge in [-0.25, -0.2) is 9.18 Å². The van der Waals surface area contributed by atoms with Crippen LogP contribution in [0.25, 0.3) is 0 Å². The summed E-state index contributed by atoms with van der Waals surface area (Å²) in [4.78, 5) is 11.8. The van der Waals surface area contributed by atoms with Gasteiger partial charge in [0.05, 0.1) is 0 Å². The van der Waals surface area contributed by atoms with E-state index < -0.39 is 5.97 Å². The van der Waals surface area contributed by atoms with E-state index in [1.165, 1.54) is 18.3 Å². The molecule has 0 aliphatic carbocycles. The maximum absolute atomic E-state index is 12.5. The molecule has 0 amide bonds. The number of rotatable bonds is 3. The van der Waals surface area contributed by atoms with E-state index in [1.54, 1.807) is 24.1 Å². The summed E-state index contributed by atoms with van der Waals surface area (Å²) in [6.07, 6.45) is 2.42. The van der Waals surface area contributed by atoms with Gasteiger partial charge in [-0.1, -0.05) is 0 Å². The summed E-state index contributed by atoms with van der Waals surface area (Å²) in [5, 5.41) is 8.38. The average molecular weight is 195 g/mol. The van der Waals surface area contributed by atoms with Gasteiger partial charge in [0, 0.05) is 25.0 Å². The van der Waals surface area contributed by atoms with Gasteiger partial charge >= 0.3 is 5.97 Å². The Labute approximate surface area is 81.1 Å². The van der Waals surface area contributed by atoms with Gasteiger partial charge in [-0.2, -0.15) is 0 Å². The predicted molar refractivity (Wildman–Crippen MR) is 51.6 cm³/mol. The Balaban J connectivity index is 2.74. The third-order valence-corrected chi connectivity index (χ3v) is 1.67. The number of aliphatic carboxylic acids is 1.